The van der Waals surface area contributed by atoms with Crippen molar-refractivity contribution < 1.29 is 14.7 Å². The highest BCUT2D eigenvalue weighted by molar-refractivity contribution is 6.36. The van der Waals surface area contributed by atoms with Gasteiger partial charge in [-0.1, -0.05) is 6.08 Å². The number of allylic oxidation sites excluding steroid dienone is 3. The monoisotopic (exact) mass is 206 g/mol. The van der Waals surface area contributed by atoms with Crippen molar-refractivity contribution in [2.45, 2.75) is 12.8 Å². The summed E-state index contributed by atoms with van der Waals surface area (Å²) in [7, 11) is 0. The molecule has 2 aliphatic rings. The lowest BCUT2D eigenvalue weighted by Gasteiger charge is -2.16. The van der Waals surface area contributed by atoms with Gasteiger partial charge in [0.15, 0.2) is 5.78 Å². The predicted octanol–water partition coefficient (Wildman–Crippen LogP) is 0.546. The molecule has 0 saturated heterocycles. The van der Waals surface area contributed by atoms with E-state index in [1.807, 2.05) is 0 Å². The first-order chi connectivity index (χ1) is 7.16. The minimum absolute atomic E-state index is 0.0199. The molecule has 0 atom stereocenters. The number of rotatable bonds is 2. The lowest BCUT2D eigenvalue weighted by molar-refractivity contribution is -0.129. The largest absolute Gasteiger partial charge is 0.477 e. The Labute approximate surface area is 86.4 Å². The number of hydrogen-bond donors (Lipinski definition) is 1. The summed E-state index contributed by atoms with van der Waals surface area (Å²) in [5.41, 5.74) is 0.810. The second-order valence-electron chi connectivity index (χ2n) is 3.37. The van der Waals surface area contributed by atoms with E-state index < -0.39 is 5.97 Å². The van der Waals surface area contributed by atoms with Crippen LogP contribution in [0.1, 0.15) is 12.8 Å². The van der Waals surface area contributed by atoms with Gasteiger partial charge in [-0.3, -0.25) is 9.80 Å². The van der Waals surface area contributed by atoms with Crippen molar-refractivity contribution in [2.75, 3.05) is 6.54 Å². The van der Waals surface area contributed by atoms with E-state index in [-0.39, 0.29) is 11.5 Å². The van der Waals surface area contributed by atoms with Crippen molar-refractivity contribution in [2.24, 2.45) is 5.10 Å². The Balaban J connectivity index is 2.17. The van der Waals surface area contributed by atoms with Gasteiger partial charge in [0.05, 0.1) is 5.70 Å². The van der Waals surface area contributed by atoms with Gasteiger partial charge >= 0.3 is 5.97 Å². The van der Waals surface area contributed by atoms with Crippen LogP contribution in [0.25, 0.3) is 0 Å². The Kier molecular flexibility index (Phi) is 2.37. The molecule has 0 aromatic rings. The molecule has 0 saturated carbocycles. The van der Waals surface area contributed by atoms with Crippen LogP contribution in [0.4, 0.5) is 0 Å². The molecule has 2 rings (SSSR count). The molecule has 15 heavy (non-hydrogen) atoms. The summed E-state index contributed by atoms with van der Waals surface area (Å²) in [6.07, 6.45) is 5.86. The van der Waals surface area contributed by atoms with E-state index >= 15 is 0 Å². The Bertz CT molecular complexity index is 407. The number of carboxylic acids is 1. The first kappa shape index (κ1) is 9.64. The molecule has 1 N–H and O–H groups in total. The average Bonchev–Trinajstić information content (AvgIpc) is 2.66. The molecule has 78 valence electrons. The van der Waals surface area contributed by atoms with Crippen LogP contribution in [0, 0.1) is 0 Å². The number of hydrazone groups is 1. The lowest BCUT2D eigenvalue weighted by Crippen LogP contribution is -2.15. The molecule has 0 unspecified atom stereocenters. The smallest absolute Gasteiger partial charge is 0.352 e. The predicted molar refractivity (Wildman–Crippen MR) is 53.2 cm³/mol. The van der Waals surface area contributed by atoms with Crippen molar-refractivity contribution in [3.8, 4) is 0 Å². The number of nitrogens with zero attached hydrogens (tertiary/aromatic N) is 2. The minimum Gasteiger partial charge on any atom is -0.477 e. The van der Waals surface area contributed by atoms with E-state index in [0.29, 0.717) is 25.1 Å². The Hall–Kier alpha value is -1.91. The summed E-state index contributed by atoms with van der Waals surface area (Å²) in [6, 6.07) is 0. The third kappa shape index (κ3) is 1.96. The SMILES string of the molecule is O=C1C=C(N2CCC(C(=O)O)=N2)C=CC1. The zero-order valence-corrected chi connectivity index (χ0v) is 8.01. The quantitative estimate of drug-likeness (QED) is 0.716. The Morgan fingerprint density at radius 2 is 2.33 bits per heavy atom. The zero-order chi connectivity index (χ0) is 10.8. The van der Waals surface area contributed by atoms with Gasteiger partial charge in [0.25, 0.3) is 0 Å². The standard InChI is InChI=1S/C10H10N2O3/c13-8-3-1-2-7(6-8)12-5-4-9(11-12)10(14)15/h1-2,6H,3-5H2,(H,14,15). The maximum Gasteiger partial charge on any atom is 0.352 e. The van der Waals surface area contributed by atoms with Crippen LogP contribution in [0.3, 0.4) is 0 Å². The molecule has 1 aliphatic carbocycles. The number of carboxylic acid groups (broad SMARTS) is 1. The fraction of sp³-hybridized carbons (Fsp3) is 0.300. The van der Waals surface area contributed by atoms with Gasteiger partial charge in [0, 0.05) is 25.5 Å². The van der Waals surface area contributed by atoms with E-state index in [1.165, 1.54) is 6.08 Å². The van der Waals surface area contributed by atoms with Crippen molar-refractivity contribution >= 4 is 17.5 Å². The molecule has 0 spiro atoms. The van der Waals surface area contributed by atoms with Crippen LogP contribution in [-0.2, 0) is 9.59 Å². The molecular formula is C10H10N2O3. The van der Waals surface area contributed by atoms with E-state index in [4.69, 9.17) is 5.11 Å². The van der Waals surface area contributed by atoms with Gasteiger partial charge in [0.1, 0.15) is 5.71 Å². The molecule has 1 heterocycles. The topological polar surface area (TPSA) is 70.0 Å². The maximum absolute atomic E-state index is 11.1. The Morgan fingerprint density at radius 1 is 1.53 bits per heavy atom. The van der Waals surface area contributed by atoms with E-state index in [0.717, 1.165) is 0 Å². The highest BCUT2D eigenvalue weighted by Crippen LogP contribution is 2.17. The summed E-state index contributed by atoms with van der Waals surface area (Å²) in [6.45, 7) is 0.519. The van der Waals surface area contributed by atoms with Crippen LogP contribution >= 0.6 is 0 Å². The van der Waals surface area contributed by atoms with Crippen molar-refractivity contribution in [1.82, 2.24) is 5.01 Å². The van der Waals surface area contributed by atoms with E-state index in [2.05, 4.69) is 5.10 Å². The zero-order valence-electron chi connectivity index (χ0n) is 8.01. The van der Waals surface area contributed by atoms with Crippen molar-refractivity contribution in [3.63, 3.8) is 0 Å². The molecule has 0 radical (unpaired) electrons. The van der Waals surface area contributed by atoms with Crippen LogP contribution in [-0.4, -0.2) is 34.1 Å². The summed E-state index contributed by atoms with van der Waals surface area (Å²) in [5.74, 6) is -0.976. The van der Waals surface area contributed by atoms with E-state index in [1.54, 1.807) is 17.2 Å². The number of aliphatic carboxylic acids is 1. The van der Waals surface area contributed by atoms with Crippen LogP contribution in [0.2, 0.25) is 0 Å². The summed E-state index contributed by atoms with van der Waals surface area (Å²) in [4.78, 5) is 21.8. The average molecular weight is 206 g/mol. The van der Waals surface area contributed by atoms with Gasteiger partial charge in [-0.15, -0.1) is 0 Å². The summed E-state index contributed by atoms with van der Waals surface area (Å²) >= 11 is 0. The van der Waals surface area contributed by atoms with Crippen molar-refractivity contribution in [3.05, 3.63) is 23.9 Å². The number of carbonyl (C=O) groups excluding carboxylic acids is 1. The lowest BCUT2D eigenvalue weighted by atomic mass is 10.1. The van der Waals surface area contributed by atoms with Gasteiger partial charge in [-0.25, -0.2) is 4.79 Å². The van der Waals surface area contributed by atoms with Gasteiger partial charge < -0.3 is 5.11 Å². The molecule has 5 nitrogen and oxygen atoms in total. The summed E-state index contributed by atoms with van der Waals surface area (Å²) in [5, 5.41) is 14.2. The molecule has 1 aliphatic heterocycles. The van der Waals surface area contributed by atoms with E-state index in [9.17, 15) is 9.59 Å². The molecule has 5 heteroatoms. The fourth-order valence-electron chi connectivity index (χ4n) is 1.52. The molecular weight excluding hydrogens is 196 g/mol. The molecule has 0 aromatic heterocycles. The van der Waals surface area contributed by atoms with Gasteiger partial charge in [0.2, 0.25) is 0 Å². The van der Waals surface area contributed by atoms with Gasteiger partial charge in [-0.05, 0) is 6.08 Å². The van der Waals surface area contributed by atoms with Crippen LogP contribution in [0.5, 0.6) is 0 Å². The molecule has 0 amide bonds. The second-order valence-corrected chi connectivity index (χ2v) is 3.37. The normalized spacial score (nSPS) is 20.3. The molecule has 0 bridgehead atoms. The first-order valence-electron chi connectivity index (χ1n) is 4.66. The first-order valence-corrected chi connectivity index (χ1v) is 4.66. The number of carbonyl (C=O) groups is 2. The van der Waals surface area contributed by atoms with Crippen LogP contribution < -0.4 is 0 Å². The minimum atomic E-state index is -0.996. The van der Waals surface area contributed by atoms with Gasteiger partial charge in [-0.2, -0.15) is 5.10 Å². The molecule has 0 aromatic carbocycles. The maximum atomic E-state index is 11.1. The highest BCUT2D eigenvalue weighted by atomic mass is 16.4. The summed E-state index contributed by atoms with van der Waals surface area (Å²) < 4.78 is 0. The second kappa shape index (κ2) is 3.68. The number of hydrogen-bond acceptors (Lipinski definition) is 4. The third-order valence-corrected chi connectivity index (χ3v) is 2.26. The Morgan fingerprint density at radius 3 is 2.93 bits per heavy atom. The van der Waals surface area contributed by atoms with Crippen molar-refractivity contribution in [1.29, 1.82) is 0 Å². The third-order valence-electron chi connectivity index (χ3n) is 2.26. The fourth-order valence-corrected chi connectivity index (χ4v) is 1.52. The number of ketones is 1. The molecule has 0 fully saturated rings. The highest BCUT2D eigenvalue weighted by Gasteiger charge is 2.22. The van der Waals surface area contributed by atoms with Crippen LogP contribution in [0.15, 0.2) is 29.0 Å².